The van der Waals surface area contributed by atoms with Gasteiger partial charge < -0.3 is 4.74 Å². The normalized spacial score (nSPS) is 10.4. The Hall–Kier alpha value is -1.69. The molecule has 0 fully saturated rings. The monoisotopic (exact) mass is 309 g/mol. The number of esters is 1. The summed E-state index contributed by atoms with van der Waals surface area (Å²) in [6, 6.07) is 3.26. The number of nitrogens with zero attached hydrogens (tertiary/aromatic N) is 3. The first-order valence-corrected chi connectivity index (χ1v) is 6.10. The zero-order chi connectivity index (χ0) is 13.3. The number of methoxy groups -OCH3 is 1. The van der Waals surface area contributed by atoms with Crippen molar-refractivity contribution in [3.63, 3.8) is 0 Å². The molecular formula is C12H12BrN3O2. The van der Waals surface area contributed by atoms with Gasteiger partial charge in [-0.05, 0) is 41.9 Å². The van der Waals surface area contributed by atoms with E-state index in [-0.39, 0.29) is 5.97 Å². The van der Waals surface area contributed by atoms with Gasteiger partial charge in [0, 0.05) is 6.20 Å². The van der Waals surface area contributed by atoms with Gasteiger partial charge in [0.25, 0.3) is 0 Å². The highest BCUT2D eigenvalue weighted by molar-refractivity contribution is 9.10. The van der Waals surface area contributed by atoms with Gasteiger partial charge in [-0.2, -0.15) is 5.10 Å². The first kappa shape index (κ1) is 12.8. The van der Waals surface area contributed by atoms with Crippen molar-refractivity contribution in [3.8, 4) is 5.82 Å². The Balaban J connectivity index is 2.51. The van der Waals surface area contributed by atoms with Crippen LogP contribution in [0, 0.1) is 13.8 Å². The SMILES string of the molecule is COC(=O)c1ccnc(-n2nc(C)c(Br)c2C)c1. The highest BCUT2D eigenvalue weighted by Gasteiger charge is 2.13. The number of aryl methyl sites for hydroxylation is 1. The van der Waals surface area contributed by atoms with Crippen LogP contribution in [0.25, 0.3) is 5.82 Å². The Morgan fingerprint density at radius 1 is 1.44 bits per heavy atom. The van der Waals surface area contributed by atoms with Gasteiger partial charge in [0.05, 0.1) is 28.5 Å². The van der Waals surface area contributed by atoms with E-state index in [1.54, 1.807) is 23.0 Å². The van der Waals surface area contributed by atoms with E-state index in [9.17, 15) is 4.79 Å². The van der Waals surface area contributed by atoms with Crippen LogP contribution in [0.4, 0.5) is 0 Å². The minimum absolute atomic E-state index is 0.390. The molecule has 5 nitrogen and oxygen atoms in total. The van der Waals surface area contributed by atoms with E-state index in [0.717, 1.165) is 15.9 Å². The number of aromatic nitrogens is 3. The van der Waals surface area contributed by atoms with Crippen LogP contribution < -0.4 is 0 Å². The molecule has 0 aromatic carbocycles. The molecule has 2 heterocycles. The van der Waals surface area contributed by atoms with Crippen LogP contribution >= 0.6 is 15.9 Å². The van der Waals surface area contributed by atoms with E-state index < -0.39 is 0 Å². The van der Waals surface area contributed by atoms with E-state index in [1.165, 1.54) is 7.11 Å². The van der Waals surface area contributed by atoms with Crippen molar-refractivity contribution < 1.29 is 9.53 Å². The number of carbonyl (C=O) groups is 1. The fourth-order valence-electron chi connectivity index (χ4n) is 1.63. The molecule has 94 valence electrons. The Morgan fingerprint density at radius 2 is 2.17 bits per heavy atom. The molecule has 0 aliphatic carbocycles. The van der Waals surface area contributed by atoms with Gasteiger partial charge >= 0.3 is 5.97 Å². The highest BCUT2D eigenvalue weighted by atomic mass is 79.9. The number of carbonyl (C=O) groups excluding carboxylic acids is 1. The summed E-state index contributed by atoms with van der Waals surface area (Å²) in [6.07, 6.45) is 1.56. The fraction of sp³-hybridized carbons (Fsp3) is 0.250. The number of hydrogen-bond acceptors (Lipinski definition) is 4. The second-order valence-corrected chi connectivity index (χ2v) is 4.58. The Bertz CT molecular complexity index is 607. The summed E-state index contributed by atoms with van der Waals surface area (Å²) in [5, 5.41) is 4.36. The summed E-state index contributed by atoms with van der Waals surface area (Å²) < 4.78 is 7.30. The van der Waals surface area contributed by atoms with Crippen molar-refractivity contribution in [2.75, 3.05) is 7.11 Å². The lowest BCUT2D eigenvalue weighted by Gasteiger charge is -2.05. The molecule has 0 saturated heterocycles. The first-order chi connectivity index (χ1) is 8.54. The van der Waals surface area contributed by atoms with Gasteiger partial charge in [0.2, 0.25) is 0 Å². The number of pyridine rings is 1. The van der Waals surface area contributed by atoms with Gasteiger partial charge in [-0.3, -0.25) is 0 Å². The molecule has 0 unspecified atom stereocenters. The smallest absolute Gasteiger partial charge is 0.338 e. The van der Waals surface area contributed by atoms with Gasteiger partial charge in [-0.1, -0.05) is 0 Å². The Kier molecular flexibility index (Phi) is 3.47. The average Bonchev–Trinajstić information content (AvgIpc) is 2.66. The van der Waals surface area contributed by atoms with Crippen LogP contribution in [0.2, 0.25) is 0 Å². The second-order valence-electron chi connectivity index (χ2n) is 3.79. The third-order valence-corrected chi connectivity index (χ3v) is 3.73. The number of ether oxygens (including phenoxy) is 1. The van der Waals surface area contributed by atoms with Crippen molar-refractivity contribution >= 4 is 21.9 Å². The van der Waals surface area contributed by atoms with Gasteiger partial charge in [0.15, 0.2) is 5.82 Å². The minimum atomic E-state index is -0.390. The quantitative estimate of drug-likeness (QED) is 0.800. The zero-order valence-electron chi connectivity index (χ0n) is 10.3. The molecule has 0 aliphatic rings. The summed E-state index contributed by atoms with van der Waals surface area (Å²) in [6.45, 7) is 3.83. The van der Waals surface area contributed by atoms with Crippen molar-refractivity contribution in [2.45, 2.75) is 13.8 Å². The molecule has 18 heavy (non-hydrogen) atoms. The average molecular weight is 310 g/mol. The highest BCUT2D eigenvalue weighted by Crippen LogP contribution is 2.22. The molecule has 0 bridgehead atoms. The van der Waals surface area contributed by atoms with E-state index in [0.29, 0.717) is 11.4 Å². The maximum atomic E-state index is 11.5. The molecular weight excluding hydrogens is 298 g/mol. The lowest BCUT2D eigenvalue weighted by molar-refractivity contribution is 0.0600. The molecule has 6 heteroatoms. The van der Waals surface area contributed by atoms with Crippen LogP contribution in [0.3, 0.4) is 0 Å². The summed E-state index contributed by atoms with van der Waals surface area (Å²) >= 11 is 3.46. The van der Waals surface area contributed by atoms with E-state index >= 15 is 0 Å². The molecule has 0 amide bonds. The van der Waals surface area contributed by atoms with Crippen LogP contribution in [-0.2, 0) is 4.74 Å². The topological polar surface area (TPSA) is 57.0 Å². The molecule has 2 aromatic heterocycles. The van der Waals surface area contributed by atoms with Crippen molar-refractivity contribution in [1.82, 2.24) is 14.8 Å². The molecule has 0 radical (unpaired) electrons. The van der Waals surface area contributed by atoms with E-state index in [4.69, 9.17) is 0 Å². The maximum Gasteiger partial charge on any atom is 0.338 e. The van der Waals surface area contributed by atoms with Gasteiger partial charge in [0.1, 0.15) is 0 Å². The van der Waals surface area contributed by atoms with Crippen LogP contribution in [-0.4, -0.2) is 27.8 Å². The lowest BCUT2D eigenvalue weighted by Crippen LogP contribution is -2.06. The van der Waals surface area contributed by atoms with E-state index in [1.807, 2.05) is 13.8 Å². The van der Waals surface area contributed by atoms with Crippen molar-refractivity contribution in [2.24, 2.45) is 0 Å². The van der Waals surface area contributed by atoms with Crippen LogP contribution in [0.5, 0.6) is 0 Å². The summed E-state index contributed by atoms with van der Waals surface area (Å²) in [4.78, 5) is 15.7. The summed E-state index contributed by atoms with van der Waals surface area (Å²) in [5.74, 6) is 0.198. The van der Waals surface area contributed by atoms with E-state index in [2.05, 4.69) is 30.7 Å². The summed E-state index contributed by atoms with van der Waals surface area (Å²) in [7, 11) is 1.35. The number of rotatable bonds is 2. The first-order valence-electron chi connectivity index (χ1n) is 5.31. The van der Waals surface area contributed by atoms with Gasteiger partial charge in [-0.15, -0.1) is 0 Å². The molecule has 0 N–H and O–H groups in total. The second kappa shape index (κ2) is 4.89. The molecule has 0 atom stereocenters. The molecule has 2 rings (SSSR count). The Labute approximate surface area is 113 Å². The van der Waals surface area contributed by atoms with Crippen molar-refractivity contribution in [1.29, 1.82) is 0 Å². The largest absolute Gasteiger partial charge is 0.465 e. The maximum absolute atomic E-state index is 11.5. The molecule has 0 aliphatic heterocycles. The summed E-state index contributed by atoms with van der Waals surface area (Å²) in [5.41, 5.74) is 2.26. The standard InChI is InChI=1S/C12H12BrN3O2/c1-7-11(13)8(2)16(15-7)10-6-9(4-5-14-10)12(17)18-3/h4-6H,1-3H3. The number of hydrogen-bond donors (Lipinski definition) is 0. The molecule has 0 saturated carbocycles. The van der Waals surface area contributed by atoms with Crippen LogP contribution in [0.1, 0.15) is 21.7 Å². The van der Waals surface area contributed by atoms with Crippen molar-refractivity contribution in [3.05, 3.63) is 39.8 Å². The minimum Gasteiger partial charge on any atom is -0.465 e. The third kappa shape index (κ3) is 2.15. The predicted octanol–water partition coefficient (Wildman–Crippen LogP) is 2.43. The Morgan fingerprint density at radius 3 is 2.72 bits per heavy atom. The van der Waals surface area contributed by atoms with Gasteiger partial charge in [-0.25, -0.2) is 14.5 Å². The third-order valence-electron chi connectivity index (χ3n) is 2.59. The molecule has 2 aromatic rings. The zero-order valence-corrected chi connectivity index (χ0v) is 11.9. The number of halogens is 1. The lowest BCUT2D eigenvalue weighted by atomic mass is 10.2. The predicted molar refractivity (Wildman–Crippen MR) is 69.9 cm³/mol. The molecule has 0 spiro atoms. The van der Waals surface area contributed by atoms with Crippen LogP contribution in [0.15, 0.2) is 22.8 Å². The fourth-order valence-corrected chi connectivity index (χ4v) is 1.87.